The molecule has 0 radical (unpaired) electrons. The number of rotatable bonds is 3. The molecule has 0 heterocycles. The van der Waals surface area contributed by atoms with Gasteiger partial charge in [-0.1, -0.05) is 37.6 Å². The number of hydrogen-bond acceptors (Lipinski definition) is 1. The van der Waals surface area contributed by atoms with E-state index in [1.807, 2.05) is 0 Å². The first-order chi connectivity index (χ1) is 9.37. The molecule has 0 aliphatic heterocycles. The van der Waals surface area contributed by atoms with Crippen LogP contribution in [0.4, 0.5) is 0 Å². The molecule has 0 saturated heterocycles. The van der Waals surface area contributed by atoms with Crippen LogP contribution in [0.3, 0.4) is 0 Å². The Hall–Kier alpha value is -0.530. The van der Waals surface area contributed by atoms with Gasteiger partial charge in [0, 0.05) is 11.4 Å². The SMILES string of the molecule is CC1(C)CCC(c2ccc(CC3(O)CC3)cc2Cl)CC1. The van der Waals surface area contributed by atoms with Gasteiger partial charge in [-0.2, -0.15) is 0 Å². The summed E-state index contributed by atoms with van der Waals surface area (Å²) >= 11 is 6.50. The first-order valence-electron chi connectivity index (χ1n) is 7.88. The predicted octanol–water partition coefficient (Wildman–Crippen LogP) is 5.09. The van der Waals surface area contributed by atoms with E-state index in [9.17, 15) is 5.11 Å². The Bertz CT molecular complexity index is 492. The molecule has 2 aliphatic carbocycles. The number of hydrogen-bond donors (Lipinski definition) is 1. The third-order valence-corrected chi connectivity index (χ3v) is 5.53. The van der Waals surface area contributed by atoms with E-state index in [0.29, 0.717) is 11.3 Å². The van der Waals surface area contributed by atoms with Gasteiger partial charge < -0.3 is 5.11 Å². The van der Waals surface area contributed by atoms with Crippen LogP contribution in [-0.2, 0) is 6.42 Å². The summed E-state index contributed by atoms with van der Waals surface area (Å²) < 4.78 is 0. The Morgan fingerprint density at radius 3 is 2.35 bits per heavy atom. The van der Waals surface area contributed by atoms with Crippen molar-refractivity contribution in [3.8, 4) is 0 Å². The van der Waals surface area contributed by atoms with E-state index in [0.717, 1.165) is 24.3 Å². The van der Waals surface area contributed by atoms with Gasteiger partial charge in [-0.3, -0.25) is 0 Å². The lowest BCUT2D eigenvalue weighted by Gasteiger charge is -2.34. The van der Waals surface area contributed by atoms with Crippen LogP contribution in [0.25, 0.3) is 0 Å². The van der Waals surface area contributed by atoms with Crippen LogP contribution in [0.15, 0.2) is 18.2 Å². The first kappa shape index (κ1) is 14.4. The van der Waals surface area contributed by atoms with Crippen molar-refractivity contribution in [2.24, 2.45) is 5.41 Å². The number of aliphatic hydroxyl groups is 1. The van der Waals surface area contributed by atoms with Crippen LogP contribution in [0, 0.1) is 5.41 Å². The minimum Gasteiger partial charge on any atom is -0.390 e. The monoisotopic (exact) mass is 292 g/mol. The summed E-state index contributed by atoms with van der Waals surface area (Å²) in [5.41, 5.74) is 2.56. The van der Waals surface area contributed by atoms with E-state index in [1.165, 1.54) is 36.8 Å². The molecule has 110 valence electrons. The molecule has 2 saturated carbocycles. The fourth-order valence-corrected chi connectivity index (χ4v) is 3.78. The van der Waals surface area contributed by atoms with Crippen molar-refractivity contribution in [1.82, 2.24) is 0 Å². The largest absolute Gasteiger partial charge is 0.390 e. The van der Waals surface area contributed by atoms with Crippen LogP contribution in [0.1, 0.15) is 69.4 Å². The van der Waals surface area contributed by atoms with Gasteiger partial charge in [0.15, 0.2) is 0 Å². The van der Waals surface area contributed by atoms with Gasteiger partial charge in [0.05, 0.1) is 5.60 Å². The highest BCUT2D eigenvalue weighted by Gasteiger charge is 2.40. The van der Waals surface area contributed by atoms with Crippen molar-refractivity contribution in [2.75, 3.05) is 0 Å². The molecule has 0 aromatic heterocycles. The number of benzene rings is 1. The quantitative estimate of drug-likeness (QED) is 0.822. The maximum atomic E-state index is 10.0. The zero-order chi connectivity index (χ0) is 14.4. The molecule has 20 heavy (non-hydrogen) atoms. The molecule has 2 aliphatic rings. The maximum Gasteiger partial charge on any atom is 0.0690 e. The van der Waals surface area contributed by atoms with Gasteiger partial charge in [-0.15, -0.1) is 0 Å². The second-order valence-electron chi connectivity index (χ2n) is 7.70. The van der Waals surface area contributed by atoms with Crippen molar-refractivity contribution >= 4 is 11.6 Å². The van der Waals surface area contributed by atoms with E-state index in [-0.39, 0.29) is 0 Å². The van der Waals surface area contributed by atoms with Crippen LogP contribution in [0.5, 0.6) is 0 Å². The Labute approximate surface area is 127 Å². The third-order valence-electron chi connectivity index (χ3n) is 5.20. The Balaban J connectivity index is 1.71. The van der Waals surface area contributed by atoms with Crippen molar-refractivity contribution in [3.05, 3.63) is 34.3 Å². The molecule has 1 aromatic rings. The highest BCUT2D eigenvalue weighted by molar-refractivity contribution is 6.31. The van der Waals surface area contributed by atoms with Gasteiger partial charge in [-0.05, 0) is 67.1 Å². The van der Waals surface area contributed by atoms with Gasteiger partial charge in [0.2, 0.25) is 0 Å². The van der Waals surface area contributed by atoms with E-state index < -0.39 is 5.60 Å². The molecule has 1 aromatic carbocycles. The lowest BCUT2D eigenvalue weighted by atomic mass is 9.71. The van der Waals surface area contributed by atoms with Crippen molar-refractivity contribution in [3.63, 3.8) is 0 Å². The molecule has 3 rings (SSSR count). The summed E-state index contributed by atoms with van der Waals surface area (Å²) in [5.74, 6) is 0.619. The second kappa shape index (κ2) is 5.03. The fraction of sp³-hybridized carbons (Fsp3) is 0.667. The maximum absolute atomic E-state index is 10.0. The molecule has 0 spiro atoms. The van der Waals surface area contributed by atoms with Crippen molar-refractivity contribution in [2.45, 2.75) is 70.3 Å². The van der Waals surface area contributed by atoms with Gasteiger partial charge in [0.1, 0.15) is 0 Å². The highest BCUT2D eigenvalue weighted by Crippen LogP contribution is 2.44. The molecule has 2 heteroatoms. The molecule has 0 amide bonds. The zero-order valence-corrected chi connectivity index (χ0v) is 13.3. The van der Waals surface area contributed by atoms with Crippen LogP contribution in [-0.4, -0.2) is 10.7 Å². The average Bonchev–Trinajstić information content (AvgIpc) is 3.08. The Morgan fingerprint density at radius 2 is 1.80 bits per heavy atom. The van der Waals surface area contributed by atoms with Crippen molar-refractivity contribution in [1.29, 1.82) is 0 Å². The van der Waals surface area contributed by atoms with Gasteiger partial charge >= 0.3 is 0 Å². The van der Waals surface area contributed by atoms with Crippen LogP contribution < -0.4 is 0 Å². The smallest absolute Gasteiger partial charge is 0.0690 e. The molecule has 2 fully saturated rings. The number of halogens is 1. The molecule has 0 atom stereocenters. The van der Waals surface area contributed by atoms with E-state index in [4.69, 9.17) is 11.6 Å². The minimum atomic E-state index is -0.431. The minimum absolute atomic E-state index is 0.431. The van der Waals surface area contributed by atoms with Gasteiger partial charge in [-0.25, -0.2) is 0 Å². The summed E-state index contributed by atoms with van der Waals surface area (Å²) in [6.07, 6.45) is 7.69. The normalized spacial score (nSPS) is 24.6. The highest BCUT2D eigenvalue weighted by atomic mass is 35.5. The molecule has 1 nitrogen and oxygen atoms in total. The molecular weight excluding hydrogens is 268 g/mol. The standard InChI is InChI=1S/C18H25ClO/c1-17(2)7-5-14(6-8-17)15-4-3-13(11-16(15)19)12-18(20)9-10-18/h3-4,11,14,20H,5-10,12H2,1-2H3. The van der Waals surface area contributed by atoms with E-state index >= 15 is 0 Å². The van der Waals surface area contributed by atoms with Gasteiger partial charge in [0.25, 0.3) is 0 Å². The lowest BCUT2D eigenvalue weighted by molar-refractivity contribution is 0.151. The van der Waals surface area contributed by atoms with Crippen molar-refractivity contribution < 1.29 is 5.11 Å². The fourth-order valence-electron chi connectivity index (χ4n) is 3.42. The first-order valence-corrected chi connectivity index (χ1v) is 8.26. The molecule has 0 bridgehead atoms. The molecule has 1 N–H and O–H groups in total. The van der Waals surface area contributed by atoms with E-state index in [1.54, 1.807) is 0 Å². The van der Waals surface area contributed by atoms with Crippen LogP contribution in [0.2, 0.25) is 5.02 Å². The molecular formula is C18H25ClO. The average molecular weight is 293 g/mol. The second-order valence-corrected chi connectivity index (χ2v) is 8.10. The predicted molar refractivity (Wildman–Crippen MR) is 84.3 cm³/mol. The third kappa shape index (κ3) is 3.20. The van der Waals surface area contributed by atoms with E-state index in [2.05, 4.69) is 32.0 Å². The van der Waals surface area contributed by atoms with Crippen LogP contribution >= 0.6 is 11.6 Å². The molecule has 0 unspecified atom stereocenters. The lowest BCUT2D eigenvalue weighted by Crippen LogP contribution is -2.20. The summed E-state index contributed by atoms with van der Waals surface area (Å²) in [5, 5.41) is 10.9. The Morgan fingerprint density at radius 1 is 1.15 bits per heavy atom. The summed E-state index contributed by atoms with van der Waals surface area (Å²) in [7, 11) is 0. The summed E-state index contributed by atoms with van der Waals surface area (Å²) in [6, 6.07) is 6.44. The Kier molecular flexibility index (Phi) is 3.63. The topological polar surface area (TPSA) is 20.2 Å². The summed E-state index contributed by atoms with van der Waals surface area (Å²) in [4.78, 5) is 0. The zero-order valence-electron chi connectivity index (χ0n) is 12.6. The summed E-state index contributed by atoms with van der Waals surface area (Å²) in [6.45, 7) is 4.73.